The van der Waals surface area contributed by atoms with Gasteiger partial charge in [0, 0.05) is 12.7 Å². The minimum Gasteiger partial charge on any atom is -0.461 e. The lowest BCUT2D eigenvalue weighted by Gasteiger charge is -2.26. The number of imidazole rings is 1. The van der Waals surface area contributed by atoms with Crippen LogP contribution in [0.5, 0.6) is 0 Å². The summed E-state index contributed by atoms with van der Waals surface area (Å²) in [5.74, 6) is 0.361. The quantitative estimate of drug-likeness (QED) is 0.881. The number of benzene rings is 1. The topological polar surface area (TPSA) is 56.2 Å². The van der Waals surface area contributed by atoms with Gasteiger partial charge in [0.05, 0.1) is 12.6 Å². The number of rotatable bonds is 3. The van der Waals surface area contributed by atoms with Crippen molar-refractivity contribution in [3.05, 3.63) is 47.3 Å². The summed E-state index contributed by atoms with van der Waals surface area (Å²) >= 11 is 0. The van der Waals surface area contributed by atoms with Gasteiger partial charge in [-0.15, -0.1) is 0 Å². The van der Waals surface area contributed by atoms with Gasteiger partial charge in [0.1, 0.15) is 0 Å². The first-order chi connectivity index (χ1) is 10.2. The number of aromatic nitrogens is 2. The lowest BCUT2D eigenvalue weighted by Crippen LogP contribution is -2.23. The fourth-order valence-corrected chi connectivity index (χ4v) is 2.73. The van der Waals surface area contributed by atoms with E-state index in [2.05, 4.69) is 41.5 Å². The van der Waals surface area contributed by atoms with Crippen LogP contribution in [0.15, 0.2) is 30.5 Å². The summed E-state index contributed by atoms with van der Waals surface area (Å²) in [4.78, 5) is 16.2. The summed E-state index contributed by atoms with van der Waals surface area (Å²) in [5.41, 5.74) is 2.84. The molecule has 0 saturated carbocycles. The maximum Gasteiger partial charge on any atom is 0.358 e. The molecule has 1 aliphatic rings. The van der Waals surface area contributed by atoms with Gasteiger partial charge in [-0.05, 0) is 25.8 Å². The number of aryl methyl sites for hydroxylation is 1. The van der Waals surface area contributed by atoms with Gasteiger partial charge in [-0.2, -0.15) is 0 Å². The first-order valence-corrected chi connectivity index (χ1v) is 7.25. The molecule has 3 rings (SSSR count). The van der Waals surface area contributed by atoms with Gasteiger partial charge < -0.3 is 14.6 Å². The van der Waals surface area contributed by atoms with E-state index >= 15 is 0 Å². The van der Waals surface area contributed by atoms with Crippen LogP contribution in [0.3, 0.4) is 0 Å². The average Bonchev–Trinajstić information content (AvgIpc) is 2.91. The standard InChI is InChI=1S/C16H19N3O2/c1-3-21-15(20)13-10-19-14(7-8-17-16(19)18-13)12-6-4-5-11(2)9-12/h4-6,9-10,14H,3,7-8H2,1-2H3,(H,17,18). The fraction of sp³-hybridized carbons (Fsp3) is 0.375. The molecule has 0 radical (unpaired) electrons. The molecule has 21 heavy (non-hydrogen) atoms. The van der Waals surface area contributed by atoms with Crippen molar-refractivity contribution in [1.29, 1.82) is 0 Å². The van der Waals surface area contributed by atoms with E-state index in [9.17, 15) is 4.79 Å². The monoisotopic (exact) mass is 285 g/mol. The number of esters is 1. The Labute approximate surface area is 124 Å². The maximum atomic E-state index is 11.8. The number of anilines is 1. The molecule has 0 spiro atoms. The van der Waals surface area contributed by atoms with Crippen LogP contribution >= 0.6 is 0 Å². The van der Waals surface area contributed by atoms with Crippen molar-refractivity contribution in [2.45, 2.75) is 26.3 Å². The van der Waals surface area contributed by atoms with Crippen LogP contribution in [0.2, 0.25) is 0 Å². The Balaban J connectivity index is 1.96. The summed E-state index contributed by atoms with van der Waals surface area (Å²) < 4.78 is 7.06. The third kappa shape index (κ3) is 2.63. The number of fused-ring (bicyclic) bond motifs is 1. The zero-order valence-corrected chi connectivity index (χ0v) is 12.3. The fourth-order valence-electron chi connectivity index (χ4n) is 2.73. The molecule has 0 fully saturated rings. The number of hydrogen-bond acceptors (Lipinski definition) is 4. The summed E-state index contributed by atoms with van der Waals surface area (Å²) in [6.07, 6.45) is 2.75. The number of ether oxygens (including phenoxy) is 1. The molecule has 5 heteroatoms. The zero-order valence-electron chi connectivity index (χ0n) is 12.3. The molecule has 0 bridgehead atoms. The van der Waals surface area contributed by atoms with Gasteiger partial charge in [0.25, 0.3) is 0 Å². The predicted octanol–water partition coefficient (Wildman–Crippen LogP) is 2.77. The van der Waals surface area contributed by atoms with Crippen molar-refractivity contribution < 1.29 is 9.53 Å². The molecule has 0 saturated heterocycles. The summed E-state index contributed by atoms with van der Waals surface area (Å²) in [5, 5.41) is 3.24. The number of nitrogens with one attached hydrogen (secondary N) is 1. The second kappa shape index (κ2) is 5.60. The highest BCUT2D eigenvalue weighted by Gasteiger charge is 2.25. The second-order valence-electron chi connectivity index (χ2n) is 5.22. The predicted molar refractivity (Wildman–Crippen MR) is 80.6 cm³/mol. The van der Waals surface area contributed by atoms with Crippen LogP contribution < -0.4 is 5.32 Å². The van der Waals surface area contributed by atoms with Crippen LogP contribution in [-0.4, -0.2) is 28.7 Å². The van der Waals surface area contributed by atoms with E-state index < -0.39 is 0 Å². The van der Waals surface area contributed by atoms with Crippen molar-refractivity contribution in [1.82, 2.24) is 9.55 Å². The smallest absolute Gasteiger partial charge is 0.358 e. The molecule has 1 atom stereocenters. The molecular weight excluding hydrogens is 266 g/mol. The van der Waals surface area contributed by atoms with Gasteiger partial charge in [0.2, 0.25) is 5.95 Å². The Kier molecular flexibility index (Phi) is 3.64. The number of nitrogens with zero attached hydrogens (tertiary/aromatic N) is 2. The van der Waals surface area contributed by atoms with Crippen LogP contribution in [-0.2, 0) is 4.74 Å². The Morgan fingerprint density at radius 1 is 1.52 bits per heavy atom. The van der Waals surface area contributed by atoms with Gasteiger partial charge >= 0.3 is 5.97 Å². The first kappa shape index (κ1) is 13.7. The number of carbonyl (C=O) groups is 1. The molecule has 1 aromatic carbocycles. The van der Waals surface area contributed by atoms with E-state index in [1.807, 2.05) is 4.57 Å². The Morgan fingerprint density at radius 3 is 3.14 bits per heavy atom. The van der Waals surface area contributed by atoms with E-state index in [4.69, 9.17) is 4.74 Å². The molecule has 110 valence electrons. The highest BCUT2D eigenvalue weighted by Crippen LogP contribution is 2.30. The Morgan fingerprint density at radius 2 is 2.38 bits per heavy atom. The lowest BCUT2D eigenvalue weighted by atomic mass is 10.0. The average molecular weight is 285 g/mol. The van der Waals surface area contributed by atoms with Crippen molar-refractivity contribution in [2.24, 2.45) is 0 Å². The largest absolute Gasteiger partial charge is 0.461 e. The minimum absolute atomic E-state index is 0.205. The molecule has 1 aromatic heterocycles. The minimum atomic E-state index is -0.371. The molecule has 2 aromatic rings. The van der Waals surface area contributed by atoms with Gasteiger partial charge in [-0.25, -0.2) is 9.78 Å². The SMILES string of the molecule is CCOC(=O)c1cn2c(n1)NCCC2c1cccc(C)c1. The molecule has 5 nitrogen and oxygen atoms in total. The molecule has 1 unspecified atom stereocenters. The van der Waals surface area contributed by atoms with Gasteiger partial charge in [0.15, 0.2) is 5.69 Å². The van der Waals surface area contributed by atoms with E-state index in [0.29, 0.717) is 12.3 Å². The molecule has 1 N–H and O–H groups in total. The highest BCUT2D eigenvalue weighted by atomic mass is 16.5. The number of carbonyl (C=O) groups excluding carboxylic acids is 1. The molecule has 1 aliphatic heterocycles. The van der Waals surface area contributed by atoms with Crippen molar-refractivity contribution in [3.63, 3.8) is 0 Å². The van der Waals surface area contributed by atoms with E-state index in [1.165, 1.54) is 11.1 Å². The third-order valence-corrected chi connectivity index (χ3v) is 3.68. The van der Waals surface area contributed by atoms with Crippen LogP contribution in [0.1, 0.15) is 41.0 Å². The molecule has 2 heterocycles. The lowest BCUT2D eigenvalue weighted by molar-refractivity contribution is 0.0520. The van der Waals surface area contributed by atoms with Crippen molar-refractivity contribution in [3.8, 4) is 0 Å². The second-order valence-corrected chi connectivity index (χ2v) is 5.22. The number of hydrogen-bond donors (Lipinski definition) is 1. The summed E-state index contributed by atoms with van der Waals surface area (Å²) in [6, 6.07) is 8.66. The summed E-state index contributed by atoms with van der Waals surface area (Å²) in [6.45, 7) is 5.08. The zero-order chi connectivity index (χ0) is 14.8. The molecule has 0 aliphatic carbocycles. The normalized spacial score (nSPS) is 17.0. The first-order valence-electron chi connectivity index (χ1n) is 7.25. The van der Waals surface area contributed by atoms with Crippen LogP contribution in [0.4, 0.5) is 5.95 Å². The third-order valence-electron chi connectivity index (χ3n) is 3.68. The Bertz CT molecular complexity index is 663. The van der Waals surface area contributed by atoms with Gasteiger partial charge in [-0.3, -0.25) is 0 Å². The van der Waals surface area contributed by atoms with E-state index in [-0.39, 0.29) is 12.0 Å². The summed E-state index contributed by atoms with van der Waals surface area (Å²) in [7, 11) is 0. The van der Waals surface area contributed by atoms with E-state index in [0.717, 1.165) is 18.9 Å². The molecular formula is C16H19N3O2. The van der Waals surface area contributed by atoms with Crippen LogP contribution in [0, 0.1) is 6.92 Å². The van der Waals surface area contributed by atoms with E-state index in [1.54, 1.807) is 13.1 Å². The Hall–Kier alpha value is -2.30. The molecule has 0 amide bonds. The van der Waals surface area contributed by atoms with Crippen molar-refractivity contribution >= 4 is 11.9 Å². The van der Waals surface area contributed by atoms with Gasteiger partial charge in [-0.1, -0.05) is 29.8 Å². The maximum absolute atomic E-state index is 11.8. The van der Waals surface area contributed by atoms with Crippen molar-refractivity contribution in [2.75, 3.05) is 18.5 Å². The van der Waals surface area contributed by atoms with Crippen LogP contribution in [0.25, 0.3) is 0 Å². The highest BCUT2D eigenvalue weighted by molar-refractivity contribution is 5.87.